The van der Waals surface area contributed by atoms with E-state index in [1.807, 2.05) is 20.8 Å². The maximum Gasteiger partial charge on any atom is 0.332 e. The second-order valence-corrected chi connectivity index (χ2v) is 7.20. The van der Waals surface area contributed by atoms with E-state index in [0.717, 1.165) is 13.0 Å². The molecule has 0 atom stereocenters. The molecule has 0 aromatic carbocycles. The molecule has 0 aliphatic rings. The first-order valence-electron chi connectivity index (χ1n) is 6.91. The predicted molar refractivity (Wildman–Crippen MR) is 76.1 cm³/mol. The highest BCUT2D eigenvalue weighted by Gasteiger charge is 2.13. The summed E-state index contributed by atoms with van der Waals surface area (Å²) in [4.78, 5) is 11.3. The Morgan fingerprint density at radius 2 is 1.42 bits per heavy atom. The van der Waals surface area contributed by atoms with Crippen LogP contribution in [-0.2, 0) is 19.0 Å². The largest absolute Gasteiger partial charge is 0.463 e. The van der Waals surface area contributed by atoms with Gasteiger partial charge in [0.25, 0.3) is 0 Å². The summed E-state index contributed by atoms with van der Waals surface area (Å²) in [6.07, 6.45) is 1.01. The molecule has 0 heterocycles. The first kappa shape index (κ1) is 18.4. The molecule has 0 aliphatic heterocycles. The van der Waals surface area contributed by atoms with E-state index < -0.39 is 0 Å². The molecule has 0 fully saturated rings. The van der Waals surface area contributed by atoms with Gasteiger partial charge in [-0.25, -0.2) is 4.79 Å². The normalized spacial score (nSPS) is 12.5. The van der Waals surface area contributed by atoms with Crippen molar-refractivity contribution in [1.29, 1.82) is 0 Å². The fraction of sp³-hybridized carbons (Fsp3) is 0.933. The molecule has 0 saturated carbocycles. The summed E-state index contributed by atoms with van der Waals surface area (Å²) in [5, 5.41) is 0. The molecule has 0 aromatic rings. The van der Waals surface area contributed by atoms with Gasteiger partial charge in [0.05, 0.1) is 19.8 Å². The first-order valence-corrected chi connectivity index (χ1v) is 6.91. The molecule has 0 saturated heterocycles. The van der Waals surface area contributed by atoms with Crippen LogP contribution in [0.4, 0.5) is 0 Å². The highest BCUT2D eigenvalue weighted by Crippen LogP contribution is 2.17. The molecular formula is C15H30O4. The Labute approximate surface area is 117 Å². The molecule has 4 heteroatoms. The zero-order valence-corrected chi connectivity index (χ0v) is 13.4. The number of hydrogen-bond donors (Lipinski definition) is 0. The summed E-state index contributed by atoms with van der Waals surface area (Å²) in [7, 11) is 0. The lowest BCUT2D eigenvalue weighted by Gasteiger charge is -2.18. The van der Waals surface area contributed by atoms with E-state index in [4.69, 9.17) is 14.2 Å². The van der Waals surface area contributed by atoms with Gasteiger partial charge in [0.1, 0.15) is 6.61 Å². The van der Waals surface area contributed by atoms with Crippen molar-refractivity contribution in [3.8, 4) is 0 Å². The van der Waals surface area contributed by atoms with Crippen LogP contribution in [0, 0.1) is 10.8 Å². The van der Waals surface area contributed by atoms with E-state index in [-0.39, 0.29) is 23.4 Å². The van der Waals surface area contributed by atoms with Gasteiger partial charge in [-0.05, 0) is 17.3 Å². The van der Waals surface area contributed by atoms with Crippen molar-refractivity contribution in [1.82, 2.24) is 0 Å². The summed E-state index contributed by atoms with van der Waals surface area (Å²) in [5.74, 6) is -0.315. The van der Waals surface area contributed by atoms with Crippen molar-refractivity contribution in [2.75, 3.05) is 33.0 Å². The molecule has 0 spiro atoms. The van der Waals surface area contributed by atoms with Gasteiger partial charge in [0.15, 0.2) is 0 Å². The molecule has 0 amide bonds. The van der Waals surface area contributed by atoms with Crippen LogP contribution in [0.2, 0.25) is 0 Å². The minimum absolute atomic E-state index is 0.00128. The predicted octanol–water partition coefficient (Wildman–Crippen LogP) is 3.05. The summed E-state index contributed by atoms with van der Waals surface area (Å²) in [5.41, 5.74) is 0.281. The minimum atomic E-state index is -0.315. The molecule has 4 nitrogen and oxygen atoms in total. The van der Waals surface area contributed by atoms with Gasteiger partial charge in [0.2, 0.25) is 0 Å². The second kappa shape index (κ2) is 8.54. The van der Waals surface area contributed by atoms with E-state index in [2.05, 4.69) is 20.8 Å². The number of ether oxygens (including phenoxy) is 3. The van der Waals surface area contributed by atoms with Crippen LogP contribution in [0.25, 0.3) is 0 Å². The van der Waals surface area contributed by atoms with Crippen molar-refractivity contribution in [3.05, 3.63) is 0 Å². The summed E-state index contributed by atoms with van der Waals surface area (Å²) in [6, 6.07) is 0. The third-order valence-electron chi connectivity index (χ3n) is 2.25. The Balaban J connectivity index is 3.37. The summed E-state index contributed by atoms with van der Waals surface area (Å²) in [6.45, 7) is 14.7. The van der Waals surface area contributed by atoms with Crippen LogP contribution < -0.4 is 0 Å². The Hall–Kier alpha value is -0.610. The minimum Gasteiger partial charge on any atom is -0.463 e. The van der Waals surface area contributed by atoms with Crippen molar-refractivity contribution < 1.29 is 19.0 Å². The van der Waals surface area contributed by atoms with Crippen LogP contribution in [0.1, 0.15) is 48.0 Å². The lowest BCUT2D eigenvalue weighted by atomic mass is 9.93. The highest BCUT2D eigenvalue weighted by molar-refractivity contribution is 5.70. The van der Waals surface area contributed by atoms with E-state index >= 15 is 0 Å². The molecule has 0 aliphatic carbocycles. The van der Waals surface area contributed by atoms with Gasteiger partial charge >= 0.3 is 5.97 Å². The van der Waals surface area contributed by atoms with Gasteiger partial charge in [-0.3, -0.25) is 0 Å². The van der Waals surface area contributed by atoms with E-state index in [9.17, 15) is 4.79 Å². The van der Waals surface area contributed by atoms with Crippen molar-refractivity contribution >= 4 is 5.97 Å². The van der Waals surface area contributed by atoms with Crippen molar-refractivity contribution in [3.63, 3.8) is 0 Å². The molecule has 19 heavy (non-hydrogen) atoms. The SMILES string of the molecule is CC(C)(C)CCOCCOCC(=O)OCC(C)(C)C. The van der Waals surface area contributed by atoms with Crippen LogP contribution in [-0.4, -0.2) is 39.0 Å². The Morgan fingerprint density at radius 1 is 0.842 bits per heavy atom. The second-order valence-electron chi connectivity index (χ2n) is 7.20. The van der Waals surface area contributed by atoms with E-state index in [1.54, 1.807) is 0 Å². The zero-order valence-electron chi connectivity index (χ0n) is 13.4. The lowest BCUT2D eigenvalue weighted by Crippen LogP contribution is -2.22. The maximum atomic E-state index is 11.3. The smallest absolute Gasteiger partial charge is 0.332 e. The molecule has 0 N–H and O–H groups in total. The van der Waals surface area contributed by atoms with Crippen molar-refractivity contribution in [2.45, 2.75) is 48.0 Å². The number of hydrogen-bond acceptors (Lipinski definition) is 4. The fourth-order valence-corrected chi connectivity index (χ4v) is 1.09. The molecule has 0 rings (SSSR count). The molecule has 0 radical (unpaired) electrons. The van der Waals surface area contributed by atoms with Crippen molar-refractivity contribution in [2.24, 2.45) is 10.8 Å². The summed E-state index contributed by atoms with van der Waals surface area (Å²) >= 11 is 0. The quantitative estimate of drug-likeness (QED) is 0.504. The average Bonchev–Trinajstić information content (AvgIpc) is 2.22. The molecule has 114 valence electrons. The third-order valence-corrected chi connectivity index (χ3v) is 2.25. The number of carbonyl (C=O) groups is 1. The van der Waals surface area contributed by atoms with Crippen LogP contribution in [0.3, 0.4) is 0 Å². The first-order chi connectivity index (χ1) is 8.60. The van der Waals surface area contributed by atoms with Gasteiger partial charge in [-0.1, -0.05) is 41.5 Å². The highest BCUT2D eigenvalue weighted by atomic mass is 16.6. The molecular weight excluding hydrogens is 244 g/mol. The van der Waals surface area contributed by atoms with Gasteiger partial charge < -0.3 is 14.2 Å². The average molecular weight is 274 g/mol. The van der Waals surface area contributed by atoms with Crippen LogP contribution >= 0.6 is 0 Å². The van der Waals surface area contributed by atoms with Gasteiger partial charge in [-0.15, -0.1) is 0 Å². The maximum absolute atomic E-state index is 11.3. The molecule has 0 bridgehead atoms. The Kier molecular flexibility index (Phi) is 8.26. The standard InChI is InChI=1S/C15H30O4/c1-14(2,3)7-8-17-9-10-18-11-13(16)19-12-15(4,5)6/h7-12H2,1-6H3. The Morgan fingerprint density at radius 3 is 1.95 bits per heavy atom. The third kappa shape index (κ3) is 15.3. The number of rotatable bonds is 8. The lowest BCUT2D eigenvalue weighted by molar-refractivity contribution is -0.152. The topological polar surface area (TPSA) is 44.8 Å². The van der Waals surface area contributed by atoms with E-state index in [0.29, 0.717) is 19.8 Å². The number of carbonyl (C=O) groups excluding carboxylic acids is 1. The van der Waals surface area contributed by atoms with Crippen LogP contribution in [0.15, 0.2) is 0 Å². The molecule has 0 unspecified atom stereocenters. The monoisotopic (exact) mass is 274 g/mol. The summed E-state index contributed by atoms with van der Waals surface area (Å²) < 4.78 is 15.7. The Bertz CT molecular complexity index is 248. The fourth-order valence-electron chi connectivity index (χ4n) is 1.09. The van der Waals surface area contributed by atoms with Crippen LogP contribution in [0.5, 0.6) is 0 Å². The van der Waals surface area contributed by atoms with Gasteiger partial charge in [0, 0.05) is 6.61 Å². The zero-order chi connectivity index (χ0) is 14.9. The van der Waals surface area contributed by atoms with E-state index in [1.165, 1.54) is 0 Å². The van der Waals surface area contributed by atoms with Gasteiger partial charge in [-0.2, -0.15) is 0 Å². The number of esters is 1. The molecule has 0 aromatic heterocycles.